The first-order valence-electron chi connectivity index (χ1n) is 7.80. The van der Waals surface area contributed by atoms with Crippen molar-refractivity contribution < 1.29 is 9.59 Å². The second-order valence-electron chi connectivity index (χ2n) is 5.63. The van der Waals surface area contributed by atoms with Gasteiger partial charge in [-0.1, -0.05) is 60.7 Å². The van der Waals surface area contributed by atoms with Crippen LogP contribution in [0.5, 0.6) is 0 Å². The number of nitrogens with zero attached hydrogens (tertiary/aromatic N) is 1. The van der Waals surface area contributed by atoms with Crippen LogP contribution in [0, 0.1) is 0 Å². The maximum atomic E-state index is 13.3. The predicted molar refractivity (Wildman–Crippen MR) is 90.1 cm³/mol. The number of hydrogen-bond acceptors (Lipinski definition) is 2. The summed E-state index contributed by atoms with van der Waals surface area (Å²) in [5.41, 5.74) is 1.73. The largest absolute Gasteiger partial charge is 0.338 e. The minimum atomic E-state index is -0.903. The molecule has 3 heteroatoms. The number of likely N-dealkylation sites (tertiary alicyclic amines) is 1. The zero-order chi connectivity index (χ0) is 16.3. The fourth-order valence-corrected chi connectivity index (χ4v) is 3.45. The van der Waals surface area contributed by atoms with Gasteiger partial charge in [0, 0.05) is 13.1 Å². The standard InChI is InChI=1S/C20H19NO2/c1-2-21-15-18(13-14-22)20(19(21)23,16-9-5-3-6-10-16)17-11-7-4-8-12-17/h3-14H,2,15H2,1H3/b18-13+. The minimum absolute atomic E-state index is 0.0329. The van der Waals surface area contributed by atoms with E-state index in [0.717, 1.165) is 23.0 Å². The fraction of sp³-hybridized carbons (Fsp3) is 0.200. The Labute approximate surface area is 136 Å². The van der Waals surface area contributed by atoms with E-state index in [1.165, 1.54) is 0 Å². The highest BCUT2D eigenvalue weighted by Gasteiger charge is 2.52. The Bertz CT molecular complexity index is 695. The minimum Gasteiger partial charge on any atom is -0.338 e. The number of carbonyl (C=O) groups excluding carboxylic acids is 2. The molecule has 0 N–H and O–H groups in total. The molecule has 1 amide bonds. The maximum absolute atomic E-state index is 13.3. The molecule has 0 atom stereocenters. The van der Waals surface area contributed by atoms with Crippen molar-refractivity contribution in [1.29, 1.82) is 0 Å². The molecule has 116 valence electrons. The molecule has 1 fully saturated rings. The number of allylic oxidation sites excluding steroid dienone is 1. The van der Waals surface area contributed by atoms with Gasteiger partial charge >= 0.3 is 0 Å². The summed E-state index contributed by atoms with van der Waals surface area (Å²) < 4.78 is 0. The molecule has 0 aromatic heterocycles. The second kappa shape index (κ2) is 6.21. The van der Waals surface area contributed by atoms with Crippen LogP contribution < -0.4 is 0 Å². The SMILES string of the molecule is CCN1C/C(=C\C=O)C(c2ccccc2)(c2ccccc2)C1=O. The van der Waals surface area contributed by atoms with Crippen molar-refractivity contribution >= 4 is 12.2 Å². The van der Waals surface area contributed by atoms with Gasteiger partial charge in [-0.25, -0.2) is 0 Å². The molecule has 1 heterocycles. The molecule has 1 saturated heterocycles. The quantitative estimate of drug-likeness (QED) is 0.643. The van der Waals surface area contributed by atoms with Gasteiger partial charge in [0.15, 0.2) is 0 Å². The van der Waals surface area contributed by atoms with E-state index >= 15 is 0 Å². The smallest absolute Gasteiger partial charge is 0.242 e. The summed E-state index contributed by atoms with van der Waals surface area (Å²) in [6.07, 6.45) is 2.33. The van der Waals surface area contributed by atoms with E-state index in [0.29, 0.717) is 13.1 Å². The van der Waals surface area contributed by atoms with Crippen LogP contribution in [0.25, 0.3) is 0 Å². The summed E-state index contributed by atoms with van der Waals surface area (Å²) in [5, 5.41) is 0. The van der Waals surface area contributed by atoms with Crippen molar-refractivity contribution in [1.82, 2.24) is 4.90 Å². The van der Waals surface area contributed by atoms with Crippen LogP contribution >= 0.6 is 0 Å². The highest BCUT2D eigenvalue weighted by atomic mass is 16.2. The average molecular weight is 305 g/mol. The molecule has 23 heavy (non-hydrogen) atoms. The number of amides is 1. The van der Waals surface area contributed by atoms with E-state index in [4.69, 9.17) is 0 Å². The first-order valence-corrected chi connectivity index (χ1v) is 7.80. The lowest BCUT2D eigenvalue weighted by atomic mass is 9.70. The van der Waals surface area contributed by atoms with Gasteiger partial charge in [-0.05, 0) is 29.7 Å². The molecule has 0 saturated carbocycles. The summed E-state index contributed by atoms with van der Waals surface area (Å²) in [7, 11) is 0. The summed E-state index contributed by atoms with van der Waals surface area (Å²) in [4.78, 5) is 26.3. The highest BCUT2D eigenvalue weighted by Crippen LogP contribution is 2.45. The van der Waals surface area contributed by atoms with Gasteiger partial charge < -0.3 is 4.90 Å². The van der Waals surface area contributed by atoms with Crippen LogP contribution in [0.4, 0.5) is 0 Å². The third-order valence-electron chi connectivity index (χ3n) is 4.52. The number of rotatable bonds is 4. The van der Waals surface area contributed by atoms with Crippen molar-refractivity contribution in [3.05, 3.63) is 83.4 Å². The van der Waals surface area contributed by atoms with Crippen LogP contribution in [0.15, 0.2) is 72.3 Å². The number of carbonyl (C=O) groups is 2. The lowest BCUT2D eigenvalue weighted by Gasteiger charge is -2.30. The van der Waals surface area contributed by atoms with Crippen LogP contribution in [0.2, 0.25) is 0 Å². The third-order valence-corrected chi connectivity index (χ3v) is 4.52. The Hall–Kier alpha value is -2.68. The molecule has 0 radical (unpaired) electrons. The third kappa shape index (κ3) is 2.29. The molecule has 2 aromatic rings. The normalized spacial score (nSPS) is 18.4. The molecule has 0 spiro atoms. The molecular weight excluding hydrogens is 286 g/mol. The van der Waals surface area contributed by atoms with Gasteiger partial charge in [-0.15, -0.1) is 0 Å². The first-order chi connectivity index (χ1) is 11.2. The molecule has 3 nitrogen and oxygen atoms in total. The number of aldehydes is 1. The van der Waals surface area contributed by atoms with E-state index < -0.39 is 5.41 Å². The van der Waals surface area contributed by atoms with Crippen molar-refractivity contribution in [3.8, 4) is 0 Å². The summed E-state index contributed by atoms with van der Waals surface area (Å²) in [6.45, 7) is 3.07. The number of hydrogen-bond donors (Lipinski definition) is 0. The van der Waals surface area contributed by atoms with E-state index in [-0.39, 0.29) is 5.91 Å². The van der Waals surface area contributed by atoms with Gasteiger partial charge in [-0.3, -0.25) is 9.59 Å². The highest BCUT2D eigenvalue weighted by molar-refractivity contribution is 6.00. The maximum Gasteiger partial charge on any atom is 0.242 e. The average Bonchev–Trinajstić information content (AvgIpc) is 2.89. The van der Waals surface area contributed by atoms with Crippen molar-refractivity contribution in [3.63, 3.8) is 0 Å². The van der Waals surface area contributed by atoms with E-state index in [2.05, 4.69) is 0 Å². The molecule has 1 aliphatic rings. The van der Waals surface area contributed by atoms with E-state index in [1.807, 2.05) is 67.6 Å². The summed E-state index contributed by atoms with van der Waals surface area (Å²) in [5.74, 6) is 0.0329. The fourth-order valence-electron chi connectivity index (χ4n) is 3.45. The second-order valence-corrected chi connectivity index (χ2v) is 5.63. The first kappa shape index (κ1) is 15.2. The van der Waals surface area contributed by atoms with Crippen LogP contribution in [0.1, 0.15) is 18.1 Å². The van der Waals surface area contributed by atoms with Crippen LogP contribution in [-0.4, -0.2) is 30.2 Å². The van der Waals surface area contributed by atoms with Gasteiger partial charge in [0.25, 0.3) is 0 Å². The summed E-state index contributed by atoms with van der Waals surface area (Å²) in [6, 6.07) is 19.4. The van der Waals surface area contributed by atoms with Gasteiger partial charge in [0.05, 0.1) is 0 Å². The lowest BCUT2D eigenvalue weighted by molar-refractivity contribution is -0.130. The van der Waals surface area contributed by atoms with Crippen molar-refractivity contribution in [2.75, 3.05) is 13.1 Å². The Balaban J connectivity index is 2.33. The Morgan fingerprint density at radius 3 is 1.96 bits per heavy atom. The molecule has 3 rings (SSSR count). The zero-order valence-electron chi connectivity index (χ0n) is 13.1. The van der Waals surface area contributed by atoms with Gasteiger partial charge in [0.1, 0.15) is 11.7 Å². The van der Waals surface area contributed by atoms with Gasteiger partial charge in [0.2, 0.25) is 5.91 Å². The monoisotopic (exact) mass is 305 g/mol. The summed E-state index contributed by atoms with van der Waals surface area (Å²) >= 11 is 0. The molecule has 0 bridgehead atoms. The number of likely N-dealkylation sites (N-methyl/N-ethyl adjacent to an activating group) is 1. The zero-order valence-corrected chi connectivity index (χ0v) is 13.1. The lowest BCUT2D eigenvalue weighted by Crippen LogP contribution is -2.39. The molecule has 1 aliphatic heterocycles. The predicted octanol–water partition coefficient (Wildman–Crippen LogP) is 2.96. The Morgan fingerprint density at radius 1 is 1.00 bits per heavy atom. The van der Waals surface area contributed by atoms with Crippen molar-refractivity contribution in [2.24, 2.45) is 0 Å². The van der Waals surface area contributed by atoms with E-state index in [9.17, 15) is 9.59 Å². The molecule has 2 aromatic carbocycles. The van der Waals surface area contributed by atoms with Crippen LogP contribution in [0.3, 0.4) is 0 Å². The van der Waals surface area contributed by atoms with Crippen LogP contribution in [-0.2, 0) is 15.0 Å². The Morgan fingerprint density at radius 2 is 1.52 bits per heavy atom. The number of benzene rings is 2. The topological polar surface area (TPSA) is 37.4 Å². The molecule has 0 unspecified atom stereocenters. The van der Waals surface area contributed by atoms with Gasteiger partial charge in [-0.2, -0.15) is 0 Å². The molecular formula is C20H19NO2. The van der Waals surface area contributed by atoms with Crippen molar-refractivity contribution in [2.45, 2.75) is 12.3 Å². The molecule has 0 aliphatic carbocycles. The Kier molecular flexibility index (Phi) is 4.11. The van der Waals surface area contributed by atoms with E-state index in [1.54, 1.807) is 11.0 Å².